The fraction of sp³-hybridized carbons (Fsp3) is 0.357. The Balaban J connectivity index is 2.67. The standard InChI is InChI=1S/C14H19N5/c1-5-6-7-10(4)12-11-13(15)16-8-17-14(11)19(18-12)9(2)3/h6-9H,4-5H2,1-3H3,(H2,15,16,17). The van der Waals surface area contributed by atoms with Gasteiger partial charge in [0.2, 0.25) is 0 Å². The fourth-order valence-electron chi connectivity index (χ4n) is 1.92. The molecule has 0 atom stereocenters. The van der Waals surface area contributed by atoms with Crippen molar-refractivity contribution in [2.45, 2.75) is 33.2 Å². The van der Waals surface area contributed by atoms with Gasteiger partial charge in [-0.05, 0) is 25.8 Å². The van der Waals surface area contributed by atoms with Crippen LogP contribution >= 0.6 is 0 Å². The number of allylic oxidation sites excluding steroid dienone is 3. The second-order valence-corrected chi connectivity index (χ2v) is 4.68. The maximum atomic E-state index is 5.97. The van der Waals surface area contributed by atoms with Gasteiger partial charge in [0.1, 0.15) is 17.8 Å². The molecule has 0 fully saturated rings. The number of hydrogen-bond acceptors (Lipinski definition) is 4. The van der Waals surface area contributed by atoms with Crippen LogP contribution in [0.15, 0.2) is 25.1 Å². The van der Waals surface area contributed by atoms with Crippen molar-refractivity contribution in [3.05, 3.63) is 30.8 Å². The van der Waals surface area contributed by atoms with Crippen molar-refractivity contribution < 1.29 is 0 Å². The summed E-state index contributed by atoms with van der Waals surface area (Å²) in [6.45, 7) is 10.2. The lowest BCUT2D eigenvalue weighted by atomic mass is 10.1. The van der Waals surface area contributed by atoms with Crippen LogP contribution in [0.3, 0.4) is 0 Å². The highest BCUT2D eigenvalue weighted by molar-refractivity contribution is 5.97. The van der Waals surface area contributed by atoms with E-state index in [2.05, 4.69) is 42.4 Å². The molecule has 0 spiro atoms. The van der Waals surface area contributed by atoms with E-state index in [9.17, 15) is 0 Å². The quantitative estimate of drug-likeness (QED) is 0.855. The Morgan fingerprint density at radius 3 is 2.84 bits per heavy atom. The first-order valence-electron chi connectivity index (χ1n) is 6.40. The van der Waals surface area contributed by atoms with Crippen molar-refractivity contribution in [1.29, 1.82) is 0 Å². The number of fused-ring (bicyclic) bond motifs is 1. The molecule has 0 amide bonds. The van der Waals surface area contributed by atoms with Crippen LogP contribution in [0.25, 0.3) is 16.6 Å². The van der Waals surface area contributed by atoms with Gasteiger partial charge in [0.25, 0.3) is 0 Å². The number of rotatable bonds is 4. The van der Waals surface area contributed by atoms with E-state index in [1.165, 1.54) is 6.33 Å². The number of nitrogen functional groups attached to an aromatic ring is 1. The van der Waals surface area contributed by atoms with Crippen molar-refractivity contribution in [3.8, 4) is 0 Å². The molecule has 0 bridgehead atoms. The van der Waals surface area contributed by atoms with Crippen LogP contribution in [0.1, 0.15) is 38.9 Å². The van der Waals surface area contributed by atoms with Gasteiger partial charge in [-0.3, -0.25) is 0 Å². The molecular weight excluding hydrogens is 238 g/mol. The molecule has 100 valence electrons. The summed E-state index contributed by atoms with van der Waals surface area (Å²) in [4.78, 5) is 8.34. The van der Waals surface area contributed by atoms with Crippen molar-refractivity contribution in [3.63, 3.8) is 0 Å². The zero-order chi connectivity index (χ0) is 14.0. The third-order valence-corrected chi connectivity index (χ3v) is 2.87. The van der Waals surface area contributed by atoms with Gasteiger partial charge >= 0.3 is 0 Å². The van der Waals surface area contributed by atoms with Gasteiger partial charge in [-0.2, -0.15) is 5.10 Å². The largest absolute Gasteiger partial charge is 0.383 e. The second kappa shape index (κ2) is 5.22. The average Bonchev–Trinajstić information content (AvgIpc) is 2.77. The van der Waals surface area contributed by atoms with E-state index in [0.717, 1.165) is 28.7 Å². The lowest BCUT2D eigenvalue weighted by Crippen LogP contribution is -2.04. The van der Waals surface area contributed by atoms with Crippen molar-refractivity contribution in [1.82, 2.24) is 19.7 Å². The minimum absolute atomic E-state index is 0.202. The van der Waals surface area contributed by atoms with Crippen LogP contribution < -0.4 is 5.73 Å². The van der Waals surface area contributed by atoms with Gasteiger partial charge in [0.05, 0.1) is 5.39 Å². The Bertz CT molecular complexity index is 637. The predicted molar refractivity (Wildman–Crippen MR) is 78.6 cm³/mol. The third-order valence-electron chi connectivity index (χ3n) is 2.87. The number of nitrogens with two attached hydrogens (primary N) is 1. The number of nitrogens with zero attached hydrogens (tertiary/aromatic N) is 4. The second-order valence-electron chi connectivity index (χ2n) is 4.68. The van der Waals surface area contributed by atoms with E-state index in [0.29, 0.717) is 5.82 Å². The molecule has 0 saturated carbocycles. The molecule has 2 rings (SSSR count). The molecule has 19 heavy (non-hydrogen) atoms. The first-order chi connectivity index (χ1) is 9.06. The van der Waals surface area contributed by atoms with Gasteiger partial charge in [0.15, 0.2) is 5.65 Å². The summed E-state index contributed by atoms with van der Waals surface area (Å²) in [6.07, 6.45) is 6.42. The summed E-state index contributed by atoms with van der Waals surface area (Å²) in [7, 11) is 0. The molecule has 0 aliphatic rings. The highest BCUT2D eigenvalue weighted by Gasteiger charge is 2.17. The van der Waals surface area contributed by atoms with Crippen LogP contribution in [0.2, 0.25) is 0 Å². The molecular formula is C14H19N5. The minimum atomic E-state index is 0.202. The molecule has 0 saturated heterocycles. The van der Waals surface area contributed by atoms with E-state index in [4.69, 9.17) is 5.73 Å². The summed E-state index contributed by atoms with van der Waals surface area (Å²) in [5.74, 6) is 0.443. The van der Waals surface area contributed by atoms with Gasteiger partial charge in [0, 0.05) is 6.04 Å². The minimum Gasteiger partial charge on any atom is -0.383 e. The number of anilines is 1. The molecule has 2 aromatic rings. The highest BCUT2D eigenvalue weighted by Crippen LogP contribution is 2.28. The maximum absolute atomic E-state index is 5.97. The molecule has 2 aromatic heterocycles. The first kappa shape index (κ1) is 13.3. The number of aromatic nitrogens is 4. The Morgan fingerprint density at radius 2 is 2.21 bits per heavy atom. The number of hydrogen-bond donors (Lipinski definition) is 1. The SMILES string of the molecule is C=C(C=CCC)c1nn(C(C)C)c2ncnc(N)c12. The summed E-state index contributed by atoms with van der Waals surface area (Å²) < 4.78 is 1.85. The first-order valence-corrected chi connectivity index (χ1v) is 6.40. The Morgan fingerprint density at radius 1 is 1.47 bits per heavy atom. The summed E-state index contributed by atoms with van der Waals surface area (Å²) in [5.41, 5.74) is 8.30. The van der Waals surface area contributed by atoms with E-state index in [1.807, 2.05) is 16.8 Å². The van der Waals surface area contributed by atoms with Crippen molar-refractivity contribution in [2.24, 2.45) is 0 Å². The third kappa shape index (κ3) is 2.36. The monoisotopic (exact) mass is 257 g/mol. The molecule has 0 aliphatic carbocycles. The van der Waals surface area contributed by atoms with E-state index in [-0.39, 0.29) is 6.04 Å². The molecule has 2 N–H and O–H groups in total. The van der Waals surface area contributed by atoms with Crippen LogP contribution in [-0.2, 0) is 0 Å². The zero-order valence-electron chi connectivity index (χ0n) is 11.6. The lowest BCUT2D eigenvalue weighted by molar-refractivity contribution is 0.545. The van der Waals surface area contributed by atoms with Crippen molar-refractivity contribution in [2.75, 3.05) is 5.73 Å². The average molecular weight is 257 g/mol. The molecule has 2 heterocycles. The normalized spacial score (nSPS) is 11.8. The van der Waals surface area contributed by atoms with Crippen LogP contribution in [0.5, 0.6) is 0 Å². The lowest BCUT2D eigenvalue weighted by Gasteiger charge is -2.05. The topological polar surface area (TPSA) is 69.6 Å². The fourth-order valence-corrected chi connectivity index (χ4v) is 1.92. The molecule has 0 radical (unpaired) electrons. The van der Waals surface area contributed by atoms with Gasteiger partial charge in [-0.15, -0.1) is 0 Å². The molecule has 5 heteroatoms. The molecule has 0 aliphatic heterocycles. The smallest absolute Gasteiger partial charge is 0.164 e. The Labute approximate surface area is 112 Å². The zero-order valence-corrected chi connectivity index (χ0v) is 11.6. The highest BCUT2D eigenvalue weighted by atomic mass is 15.3. The van der Waals surface area contributed by atoms with Crippen LogP contribution in [0.4, 0.5) is 5.82 Å². The van der Waals surface area contributed by atoms with E-state index >= 15 is 0 Å². The van der Waals surface area contributed by atoms with Gasteiger partial charge in [-0.1, -0.05) is 25.7 Å². The maximum Gasteiger partial charge on any atom is 0.164 e. The Kier molecular flexibility index (Phi) is 3.64. The summed E-state index contributed by atoms with van der Waals surface area (Å²) in [6, 6.07) is 0.202. The van der Waals surface area contributed by atoms with Crippen molar-refractivity contribution >= 4 is 22.4 Å². The van der Waals surface area contributed by atoms with Gasteiger partial charge in [-0.25, -0.2) is 14.6 Å². The molecule has 0 aromatic carbocycles. The summed E-state index contributed by atoms with van der Waals surface area (Å²) in [5, 5.41) is 5.37. The molecule has 5 nitrogen and oxygen atoms in total. The van der Waals surface area contributed by atoms with E-state index < -0.39 is 0 Å². The molecule has 0 unspecified atom stereocenters. The van der Waals surface area contributed by atoms with E-state index in [1.54, 1.807) is 0 Å². The van der Waals surface area contributed by atoms with Crippen LogP contribution in [-0.4, -0.2) is 19.7 Å². The van der Waals surface area contributed by atoms with Crippen LogP contribution in [0, 0.1) is 0 Å². The Hall–Kier alpha value is -2.17. The van der Waals surface area contributed by atoms with Gasteiger partial charge < -0.3 is 5.73 Å². The predicted octanol–water partition coefficient (Wildman–Crippen LogP) is 2.97. The summed E-state index contributed by atoms with van der Waals surface area (Å²) >= 11 is 0.